The normalized spacial score (nSPS) is 11.5. The Kier molecular flexibility index (Phi) is 4.71. The zero-order valence-corrected chi connectivity index (χ0v) is 14.0. The van der Waals surface area contributed by atoms with Crippen molar-refractivity contribution in [2.24, 2.45) is 0 Å². The van der Waals surface area contributed by atoms with Crippen molar-refractivity contribution in [2.75, 3.05) is 31.5 Å². The predicted octanol–water partition coefficient (Wildman–Crippen LogP) is 3.41. The number of phenols is 1. The molecule has 0 radical (unpaired) electrons. The van der Waals surface area contributed by atoms with Crippen LogP contribution in [0.2, 0.25) is 0 Å². The largest absolute Gasteiger partial charge is 0.508 e. The molecule has 0 bridgehead atoms. The maximum Gasteiger partial charge on any atom is 0.202 e. The van der Waals surface area contributed by atoms with Gasteiger partial charge >= 0.3 is 0 Å². The first-order valence-electron chi connectivity index (χ1n) is 8.28. The number of nitrogens with zero attached hydrogens (tertiary/aromatic N) is 1. The number of phenolic OH excluding ortho intramolecular Hbond substituents is 1. The Hall–Kier alpha value is -2.53. The van der Waals surface area contributed by atoms with E-state index in [0.29, 0.717) is 21.9 Å². The Labute approximate surface area is 140 Å². The molecule has 0 unspecified atom stereocenters. The second-order valence-corrected chi connectivity index (χ2v) is 5.74. The Balaban J connectivity index is 2.01. The SMILES string of the molecule is CCN(CC)CCNc1cccc2oc3ccc(O)cc3c(=O)c12. The molecule has 5 nitrogen and oxygen atoms in total. The van der Waals surface area contributed by atoms with Crippen LogP contribution in [-0.4, -0.2) is 36.2 Å². The van der Waals surface area contributed by atoms with Crippen LogP contribution in [0.5, 0.6) is 5.75 Å². The van der Waals surface area contributed by atoms with E-state index in [2.05, 4.69) is 24.1 Å². The van der Waals surface area contributed by atoms with Gasteiger partial charge in [-0.15, -0.1) is 0 Å². The first-order chi connectivity index (χ1) is 11.6. The highest BCUT2D eigenvalue weighted by Crippen LogP contribution is 2.26. The number of anilines is 1. The van der Waals surface area contributed by atoms with Crippen LogP contribution in [0.3, 0.4) is 0 Å². The zero-order chi connectivity index (χ0) is 17.1. The number of nitrogens with one attached hydrogen (secondary N) is 1. The minimum atomic E-state index is -0.131. The Morgan fingerprint density at radius 2 is 1.92 bits per heavy atom. The van der Waals surface area contributed by atoms with Gasteiger partial charge in [0.05, 0.1) is 10.8 Å². The lowest BCUT2D eigenvalue weighted by Crippen LogP contribution is -2.28. The van der Waals surface area contributed by atoms with Crippen molar-refractivity contribution in [3.8, 4) is 5.75 Å². The van der Waals surface area contributed by atoms with Crippen molar-refractivity contribution in [2.45, 2.75) is 13.8 Å². The molecule has 5 heteroatoms. The van der Waals surface area contributed by atoms with Gasteiger partial charge < -0.3 is 19.7 Å². The third kappa shape index (κ3) is 3.08. The maximum atomic E-state index is 12.8. The van der Waals surface area contributed by atoms with Gasteiger partial charge in [0.25, 0.3) is 0 Å². The number of fused-ring (bicyclic) bond motifs is 2. The van der Waals surface area contributed by atoms with Gasteiger partial charge in [-0.3, -0.25) is 4.79 Å². The van der Waals surface area contributed by atoms with E-state index in [4.69, 9.17) is 4.42 Å². The molecule has 3 rings (SSSR count). The summed E-state index contributed by atoms with van der Waals surface area (Å²) in [7, 11) is 0. The summed E-state index contributed by atoms with van der Waals surface area (Å²) in [5.74, 6) is 0.0566. The highest BCUT2D eigenvalue weighted by Gasteiger charge is 2.12. The summed E-state index contributed by atoms with van der Waals surface area (Å²) in [5.41, 5.74) is 1.66. The Morgan fingerprint density at radius 1 is 1.12 bits per heavy atom. The molecule has 3 aromatic rings. The summed E-state index contributed by atoms with van der Waals surface area (Å²) in [4.78, 5) is 15.2. The molecular formula is C19H22N2O3. The van der Waals surface area contributed by atoms with Crippen LogP contribution in [0.4, 0.5) is 5.69 Å². The number of benzene rings is 2. The van der Waals surface area contributed by atoms with E-state index in [1.165, 1.54) is 12.1 Å². The molecular weight excluding hydrogens is 304 g/mol. The quantitative estimate of drug-likeness (QED) is 0.680. The summed E-state index contributed by atoms with van der Waals surface area (Å²) < 4.78 is 5.83. The molecule has 0 aliphatic carbocycles. The molecule has 1 aromatic heterocycles. The smallest absolute Gasteiger partial charge is 0.202 e. The van der Waals surface area contributed by atoms with E-state index in [9.17, 15) is 9.90 Å². The second-order valence-electron chi connectivity index (χ2n) is 5.74. The number of hydrogen-bond donors (Lipinski definition) is 2. The molecule has 0 aliphatic rings. The van der Waals surface area contributed by atoms with Crippen molar-refractivity contribution >= 4 is 27.6 Å². The van der Waals surface area contributed by atoms with E-state index in [1.807, 2.05) is 12.1 Å². The molecule has 126 valence electrons. The lowest BCUT2D eigenvalue weighted by atomic mass is 10.1. The molecule has 2 aromatic carbocycles. The molecule has 0 saturated heterocycles. The molecule has 1 heterocycles. The monoisotopic (exact) mass is 326 g/mol. The van der Waals surface area contributed by atoms with Crippen molar-refractivity contribution < 1.29 is 9.52 Å². The summed E-state index contributed by atoms with van der Waals surface area (Å²) in [6.07, 6.45) is 0. The van der Waals surface area contributed by atoms with Gasteiger partial charge in [0.1, 0.15) is 16.9 Å². The van der Waals surface area contributed by atoms with E-state index in [1.54, 1.807) is 12.1 Å². The summed E-state index contributed by atoms with van der Waals surface area (Å²) in [5, 5.41) is 13.9. The van der Waals surface area contributed by atoms with Crippen LogP contribution < -0.4 is 10.7 Å². The van der Waals surface area contributed by atoms with Crippen molar-refractivity contribution in [3.63, 3.8) is 0 Å². The Morgan fingerprint density at radius 3 is 2.67 bits per heavy atom. The molecule has 2 N–H and O–H groups in total. The van der Waals surface area contributed by atoms with E-state index in [0.717, 1.165) is 31.9 Å². The fourth-order valence-electron chi connectivity index (χ4n) is 2.92. The number of aromatic hydroxyl groups is 1. The standard InChI is InChI=1S/C19H22N2O3/c1-3-21(4-2)11-10-20-15-6-5-7-17-18(15)19(23)14-12-13(22)8-9-16(14)24-17/h5-9,12,20,22H,3-4,10-11H2,1-2H3. The third-order valence-electron chi connectivity index (χ3n) is 4.32. The van der Waals surface area contributed by atoms with Crippen LogP contribution in [0.15, 0.2) is 45.6 Å². The van der Waals surface area contributed by atoms with Crippen molar-refractivity contribution in [1.29, 1.82) is 0 Å². The number of likely N-dealkylation sites (N-methyl/N-ethyl adjacent to an activating group) is 1. The van der Waals surface area contributed by atoms with Crippen LogP contribution in [0.1, 0.15) is 13.8 Å². The van der Waals surface area contributed by atoms with E-state index < -0.39 is 0 Å². The van der Waals surface area contributed by atoms with Gasteiger partial charge in [-0.2, -0.15) is 0 Å². The highest BCUT2D eigenvalue weighted by atomic mass is 16.3. The average molecular weight is 326 g/mol. The molecule has 0 spiro atoms. The van der Waals surface area contributed by atoms with Crippen LogP contribution in [0, 0.1) is 0 Å². The summed E-state index contributed by atoms with van der Waals surface area (Å²) in [6, 6.07) is 10.1. The van der Waals surface area contributed by atoms with Gasteiger partial charge in [-0.25, -0.2) is 0 Å². The number of hydrogen-bond acceptors (Lipinski definition) is 5. The molecule has 0 aliphatic heterocycles. The molecule has 24 heavy (non-hydrogen) atoms. The lowest BCUT2D eigenvalue weighted by Gasteiger charge is -2.18. The second kappa shape index (κ2) is 6.93. The van der Waals surface area contributed by atoms with Crippen LogP contribution in [-0.2, 0) is 0 Å². The summed E-state index contributed by atoms with van der Waals surface area (Å²) >= 11 is 0. The number of rotatable bonds is 6. The molecule has 0 atom stereocenters. The van der Waals surface area contributed by atoms with Gasteiger partial charge in [-0.05, 0) is 43.4 Å². The molecule has 0 amide bonds. The highest BCUT2D eigenvalue weighted by molar-refractivity contribution is 5.97. The zero-order valence-electron chi connectivity index (χ0n) is 14.0. The minimum absolute atomic E-state index is 0.0566. The third-order valence-corrected chi connectivity index (χ3v) is 4.32. The molecule has 0 fully saturated rings. The van der Waals surface area contributed by atoms with Gasteiger partial charge in [0, 0.05) is 18.8 Å². The topological polar surface area (TPSA) is 65.7 Å². The van der Waals surface area contributed by atoms with Crippen molar-refractivity contribution in [1.82, 2.24) is 4.90 Å². The van der Waals surface area contributed by atoms with Gasteiger partial charge in [0.2, 0.25) is 5.43 Å². The predicted molar refractivity (Wildman–Crippen MR) is 97.9 cm³/mol. The van der Waals surface area contributed by atoms with Gasteiger partial charge in [-0.1, -0.05) is 19.9 Å². The van der Waals surface area contributed by atoms with Crippen molar-refractivity contribution in [3.05, 3.63) is 46.6 Å². The van der Waals surface area contributed by atoms with Crippen LogP contribution in [0.25, 0.3) is 21.9 Å². The first-order valence-corrected chi connectivity index (χ1v) is 8.28. The lowest BCUT2D eigenvalue weighted by molar-refractivity contribution is 0.316. The fourth-order valence-corrected chi connectivity index (χ4v) is 2.92. The first kappa shape index (κ1) is 16.3. The fraction of sp³-hybridized carbons (Fsp3) is 0.316. The Bertz CT molecular complexity index is 914. The average Bonchev–Trinajstić information content (AvgIpc) is 2.59. The van der Waals surface area contributed by atoms with E-state index >= 15 is 0 Å². The minimum Gasteiger partial charge on any atom is -0.508 e. The maximum absolute atomic E-state index is 12.8. The van der Waals surface area contributed by atoms with Gasteiger partial charge in [0.15, 0.2) is 0 Å². The molecule has 0 saturated carbocycles. The summed E-state index contributed by atoms with van der Waals surface area (Å²) in [6.45, 7) is 7.92. The van der Waals surface area contributed by atoms with Crippen LogP contribution >= 0.6 is 0 Å². The van der Waals surface area contributed by atoms with E-state index in [-0.39, 0.29) is 11.2 Å².